The maximum absolute atomic E-state index is 7.45. The zero-order valence-corrected chi connectivity index (χ0v) is 13.5. The maximum atomic E-state index is 7.45. The van der Waals surface area contributed by atoms with Crippen molar-refractivity contribution >= 4 is 27.5 Å². The molecule has 0 saturated carbocycles. The molecule has 0 aliphatic carbocycles. The number of hydrogen-bond donors (Lipinski definition) is 2. The van der Waals surface area contributed by atoms with Crippen LogP contribution >= 0.6 is 15.9 Å². The van der Waals surface area contributed by atoms with Crippen LogP contribution in [-0.4, -0.2) is 44.5 Å². The fourth-order valence-corrected chi connectivity index (χ4v) is 2.59. The number of hydrogen-bond acceptors (Lipinski definition) is 3. The Kier molecular flexibility index (Phi) is 6.31. The highest BCUT2D eigenvalue weighted by Crippen LogP contribution is 2.27. The minimum Gasteiger partial charge on any atom is -0.384 e. The van der Waals surface area contributed by atoms with Gasteiger partial charge in [0.2, 0.25) is 0 Å². The highest BCUT2D eigenvalue weighted by molar-refractivity contribution is 9.10. The van der Waals surface area contributed by atoms with Crippen LogP contribution in [0.2, 0.25) is 0 Å². The highest BCUT2D eigenvalue weighted by atomic mass is 79.9. The van der Waals surface area contributed by atoms with Crippen LogP contribution in [-0.2, 0) is 0 Å². The van der Waals surface area contributed by atoms with Gasteiger partial charge in [0.1, 0.15) is 5.84 Å². The lowest BCUT2D eigenvalue weighted by atomic mass is 10.1. The molecule has 3 N–H and O–H groups in total. The molecular formula is C14H23BrN4. The highest BCUT2D eigenvalue weighted by Gasteiger charge is 2.09. The Morgan fingerprint density at radius 1 is 1.32 bits per heavy atom. The Labute approximate surface area is 124 Å². The van der Waals surface area contributed by atoms with E-state index in [-0.39, 0.29) is 5.84 Å². The van der Waals surface area contributed by atoms with Gasteiger partial charge in [0, 0.05) is 23.1 Å². The standard InChI is InChI=1S/C14H23BrN4/c1-4-19(9-5-8-18(2)3)13-7-6-11(14(16)17)10-12(13)15/h6-7,10H,4-5,8-9H2,1-3H3,(H3,16,17). The molecule has 0 aliphatic rings. The number of benzene rings is 1. The molecule has 0 radical (unpaired) electrons. The monoisotopic (exact) mass is 326 g/mol. The van der Waals surface area contributed by atoms with Crippen molar-refractivity contribution in [2.75, 3.05) is 38.6 Å². The number of nitrogen functional groups attached to an aromatic ring is 1. The molecule has 1 aromatic carbocycles. The van der Waals surface area contributed by atoms with Gasteiger partial charge in [-0.25, -0.2) is 0 Å². The van der Waals surface area contributed by atoms with Gasteiger partial charge >= 0.3 is 0 Å². The first kappa shape index (κ1) is 16.0. The molecule has 4 nitrogen and oxygen atoms in total. The van der Waals surface area contributed by atoms with Crippen molar-refractivity contribution in [1.82, 2.24) is 4.90 Å². The van der Waals surface area contributed by atoms with E-state index in [2.05, 4.69) is 46.7 Å². The van der Waals surface area contributed by atoms with Crippen LogP contribution < -0.4 is 10.6 Å². The molecule has 1 aromatic rings. The van der Waals surface area contributed by atoms with Crippen molar-refractivity contribution in [2.24, 2.45) is 5.73 Å². The number of nitrogens with two attached hydrogens (primary N) is 1. The third-order valence-corrected chi connectivity index (χ3v) is 3.65. The van der Waals surface area contributed by atoms with Crippen molar-refractivity contribution in [3.05, 3.63) is 28.2 Å². The molecule has 0 spiro atoms. The van der Waals surface area contributed by atoms with Gasteiger partial charge in [-0.2, -0.15) is 0 Å². The molecule has 106 valence electrons. The molecule has 0 unspecified atom stereocenters. The number of nitrogens with zero attached hydrogens (tertiary/aromatic N) is 2. The summed E-state index contributed by atoms with van der Waals surface area (Å²) < 4.78 is 0.993. The van der Waals surface area contributed by atoms with Gasteiger partial charge in [-0.15, -0.1) is 0 Å². The molecule has 0 atom stereocenters. The van der Waals surface area contributed by atoms with Crippen molar-refractivity contribution in [1.29, 1.82) is 5.41 Å². The van der Waals surface area contributed by atoms with Gasteiger partial charge in [0.15, 0.2) is 0 Å². The van der Waals surface area contributed by atoms with Gasteiger partial charge in [-0.05, 0) is 68.1 Å². The lowest BCUT2D eigenvalue weighted by Gasteiger charge is -2.25. The van der Waals surface area contributed by atoms with E-state index in [4.69, 9.17) is 11.1 Å². The van der Waals surface area contributed by atoms with E-state index < -0.39 is 0 Å². The summed E-state index contributed by atoms with van der Waals surface area (Å²) in [5.41, 5.74) is 7.41. The summed E-state index contributed by atoms with van der Waals surface area (Å²) >= 11 is 3.57. The molecule has 0 amide bonds. The zero-order valence-electron chi connectivity index (χ0n) is 11.9. The third-order valence-electron chi connectivity index (χ3n) is 3.01. The van der Waals surface area contributed by atoms with E-state index in [1.807, 2.05) is 18.2 Å². The molecule has 0 bridgehead atoms. The van der Waals surface area contributed by atoms with E-state index in [9.17, 15) is 0 Å². The van der Waals surface area contributed by atoms with Crippen LogP contribution in [0.5, 0.6) is 0 Å². The Hall–Kier alpha value is -1.07. The minimum absolute atomic E-state index is 0.0999. The lowest BCUT2D eigenvalue weighted by molar-refractivity contribution is 0.400. The number of amidine groups is 1. The van der Waals surface area contributed by atoms with Gasteiger partial charge in [-0.3, -0.25) is 5.41 Å². The predicted octanol–water partition coefficient (Wildman–Crippen LogP) is 2.51. The van der Waals surface area contributed by atoms with Crippen molar-refractivity contribution in [3.8, 4) is 0 Å². The number of rotatable bonds is 7. The first-order chi connectivity index (χ1) is 8.95. The molecule has 0 aliphatic heterocycles. The molecular weight excluding hydrogens is 304 g/mol. The second kappa shape index (κ2) is 7.50. The molecule has 1 rings (SSSR count). The summed E-state index contributed by atoms with van der Waals surface area (Å²) in [4.78, 5) is 4.53. The minimum atomic E-state index is 0.0999. The Morgan fingerprint density at radius 2 is 2.00 bits per heavy atom. The largest absolute Gasteiger partial charge is 0.384 e. The quantitative estimate of drug-likeness (QED) is 0.598. The van der Waals surface area contributed by atoms with Gasteiger partial charge in [0.25, 0.3) is 0 Å². The topological polar surface area (TPSA) is 56.4 Å². The maximum Gasteiger partial charge on any atom is 0.122 e. The van der Waals surface area contributed by atoms with Crippen LogP contribution in [0.3, 0.4) is 0 Å². The molecule has 0 saturated heterocycles. The van der Waals surface area contributed by atoms with E-state index in [0.29, 0.717) is 0 Å². The summed E-state index contributed by atoms with van der Waals surface area (Å²) in [6.07, 6.45) is 1.13. The van der Waals surface area contributed by atoms with Gasteiger partial charge < -0.3 is 15.5 Å². The average Bonchev–Trinajstić information content (AvgIpc) is 2.34. The first-order valence-corrected chi connectivity index (χ1v) is 7.28. The summed E-state index contributed by atoms with van der Waals surface area (Å²) in [6, 6.07) is 5.84. The Morgan fingerprint density at radius 3 is 2.47 bits per heavy atom. The van der Waals surface area contributed by atoms with Gasteiger partial charge in [0.05, 0.1) is 5.69 Å². The van der Waals surface area contributed by atoms with Crippen molar-refractivity contribution in [3.63, 3.8) is 0 Å². The predicted molar refractivity (Wildman–Crippen MR) is 86.2 cm³/mol. The van der Waals surface area contributed by atoms with Crippen LogP contribution in [0.25, 0.3) is 0 Å². The first-order valence-electron chi connectivity index (χ1n) is 6.49. The second-order valence-corrected chi connectivity index (χ2v) is 5.67. The smallest absolute Gasteiger partial charge is 0.122 e. The number of anilines is 1. The average molecular weight is 327 g/mol. The SMILES string of the molecule is CCN(CCCN(C)C)c1ccc(C(=N)N)cc1Br. The van der Waals surface area contributed by atoms with E-state index in [0.717, 1.165) is 41.8 Å². The molecule has 0 fully saturated rings. The lowest BCUT2D eigenvalue weighted by Crippen LogP contribution is -2.27. The Balaban J connectivity index is 2.78. The molecule has 5 heteroatoms. The van der Waals surface area contributed by atoms with E-state index >= 15 is 0 Å². The number of nitrogens with one attached hydrogen (secondary N) is 1. The van der Waals surface area contributed by atoms with Crippen LogP contribution in [0.15, 0.2) is 22.7 Å². The molecule has 0 heterocycles. The summed E-state index contributed by atoms with van der Waals surface area (Å²) in [6.45, 7) is 5.22. The second-order valence-electron chi connectivity index (χ2n) is 4.82. The van der Waals surface area contributed by atoms with Crippen LogP contribution in [0.1, 0.15) is 18.9 Å². The number of halogens is 1. The summed E-state index contributed by atoms with van der Waals surface area (Å²) in [5, 5.41) is 7.45. The van der Waals surface area contributed by atoms with Crippen molar-refractivity contribution < 1.29 is 0 Å². The zero-order chi connectivity index (χ0) is 14.4. The van der Waals surface area contributed by atoms with E-state index in [1.54, 1.807) is 0 Å². The fourth-order valence-electron chi connectivity index (χ4n) is 1.96. The normalized spacial score (nSPS) is 10.8. The van der Waals surface area contributed by atoms with Crippen molar-refractivity contribution in [2.45, 2.75) is 13.3 Å². The summed E-state index contributed by atoms with van der Waals surface area (Å²) in [7, 11) is 4.18. The Bertz CT molecular complexity index is 431. The third kappa shape index (κ3) is 4.84. The van der Waals surface area contributed by atoms with Gasteiger partial charge in [-0.1, -0.05) is 0 Å². The fraction of sp³-hybridized carbons (Fsp3) is 0.500. The van der Waals surface area contributed by atoms with Crippen LogP contribution in [0.4, 0.5) is 5.69 Å². The van der Waals surface area contributed by atoms with E-state index in [1.165, 1.54) is 0 Å². The molecule has 19 heavy (non-hydrogen) atoms. The molecule has 0 aromatic heterocycles. The van der Waals surface area contributed by atoms with Crippen LogP contribution in [0, 0.1) is 5.41 Å². The summed E-state index contributed by atoms with van der Waals surface area (Å²) in [5.74, 6) is 0.0999.